The minimum absolute atomic E-state index is 0.160. The second-order valence-electron chi connectivity index (χ2n) is 16.6. The molecule has 0 atom stereocenters. The Morgan fingerprint density at radius 2 is 0.914 bits per heavy atom. The summed E-state index contributed by atoms with van der Waals surface area (Å²) in [5, 5.41) is 3.05. The van der Waals surface area contributed by atoms with Gasteiger partial charge in [0.05, 0.1) is 39.4 Å². The molecular weight excluding hydrogens is 723 g/mol. The summed E-state index contributed by atoms with van der Waals surface area (Å²) in [6, 6.07) is 3.71. The predicted molar refractivity (Wildman–Crippen MR) is 244 cm³/mol. The van der Waals surface area contributed by atoms with E-state index in [0.717, 1.165) is 45.1 Å². The van der Waals surface area contributed by atoms with E-state index in [1.54, 1.807) is 12.5 Å². The van der Waals surface area contributed by atoms with Gasteiger partial charge in [-0.1, -0.05) is 194 Å². The fraction of sp³-hybridized carbons (Fsp3) is 0.800. The van der Waals surface area contributed by atoms with Crippen LogP contribution in [-0.4, -0.2) is 55.0 Å². The molecule has 0 aliphatic rings. The zero-order chi connectivity index (χ0) is 41.4. The van der Waals surface area contributed by atoms with E-state index in [4.69, 9.17) is 18.9 Å². The van der Waals surface area contributed by atoms with E-state index in [1.807, 2.05) is 22.9 Å². The van der Waals surface area contributed by atoms with E-state index in [0.29, 0.717) is 62.4 Å². The number of nitrogens with zero attached hydrogens (tertiary/aromatic N) is 2. The maximum Gasteiger partial charge on any atom is 0.251 e. The van der Waals surface area contributed by atoms with E-state index in [-0.39, 0.29) is 5.91 Å². The van der Waals surface area contributed by atoms with Gasteiger partial charge in [-0.15, -0.1) is 0 Å². The molecule has 8 heteroatoms. The predicted octanol–water partition coefficient (Wildman–Crippen LogP) is 14.2. The molecule has 58 heavy (non-hydrogen) atoms. The quantitative estimate of drug-likeness (QED) is 0.0672. The molecule has 0 aliphatic carbocycles. The molecule has 1 N–H and O–H groups in total. The fourth-order valence-electron chi connectivity index (χ4n) is 7.40. The van der Waals surface area contributed by atoms with Gasteiger partial charge in [-0.05, 0) is 31.4 Å². The highest BCUT2D eigenvalue weighted by molar-refractivity contribution is 5.95. The van der Waals surface area contributed by atoms with E-state index < -0.39 is 0 Å². The van der Waals surface area contributed by atoms with Gasteiger partial charge in [0.15, 0.2) is 11.5 Å². The highest BCUT2D eigenvalue weighted by Crippen LogP contribution is 2.40. The van der Waals surface area contributed by atoms with Crippen molar-refractivity contribution in [2.75, 3.05) is 39.6 Å². The first-order valence-electron chi connectivity index (χ1n) is 24.6. The van der Waals surface area contributed by atoms with Crippen molar-refractivity contribution in [3.05, 3.63) is 36.4 Å². The molecule has 0 unspecified atom stereocenters. The van der Waals surface area contributed by atoms with Gasteiger partial charge in [0.25, 0.3) is 5.91 Å². The highest BCUT2D eigenvalue weighted by Gasteiger charge is 2.19. The van der Waals surface area contributed by atoms with E-state index >= 15 is 0 Å². The lowest BCUT2D eigenvalue weighted by molar-refractivity contribution is 0.0907. The molecule has 334 valence electrons. The van der Waals surface area contributed by atoms with Crippen molar-refractivity contribution in [1.82, 2.24) is 14.9 Å². The monoisotopic (exact) mass is 812 g/mol. The van der Waals surface area contributed by atoms with E-state index in [9.17, 15) is 4.79 Å². The Morgan fingerprint density at radius 3 is 1.31 bits per heavy atom. The zero-order valence-corrected chi connectivity index (χ0v) is 38.0. The minimum atomic E-state index is -0.160. The Hall–Kier alpha value is -2.74. The van der Waals surface area contributed by atoms with Gasteiger partial charge in [-0.25, -0.2) is 4.98 Å². The van der Waals surface area contributed by atoms with Crippen LogP contribution in [0.25, 0.3) is 0 Å². The number of rotatable bonds is 43. The summed E-state index contributed by atoms with van der Waals surface area (Å²) in [6.45, 7) is 10.8. The van der Waals surface area contributed by atoms with Crippen molar-refractivity contribution in [3.8, 4) is 17.2 Å². The molecule has 1 heterocycles. The third kappa shape index (κ3) is 27.9. The number of ether oxygens (including phenoxy) is 4. The third-order valence-corrected chi connectivity index (χ3v) is 11.1. The van der Waals surface area contributed by atoms with Crippen molar-refractivity contribution >= 4 is 5.91 Å². The molecule has 0 fully saturated rings. The van der Waals surface area contributed by atoms with Crippen LogP contribution in [0.5, 0.6) is 17.2 Å². The van der Waals surface area contributed by atoms with Gasteiger partial charge in [0.2, 0.25) is 5.75 Å². The summed E-state index contributed by atoms with van der Waals surface area (Å²) in [7, 11) is 0. The number of aromatic nitrogens is 2. The van der Waals surface area contributed by atoms with Crippen LogP contribution < -0.4 is 19.5 Å². The molecule has 0 bridgehead atoms. The Morgan fingerprint density at radius 1 is 0.517 bits per heavy atom. The lowest BCUT2D eigenvalue weighted by Gasteiger charge is -2.19. The second-order valence-corrected chi connectivity index (χ2v) is 16.6. The second kappa shape index (κ2) is 38.5. The van der Waals surface area contributed by atoms with E-state index in [1.165, 1.54) is 154 Å². The SMILES string of the molecule is CCCCCCCCCCCCOc1cc(C(=O)NCCOCCn2ccnc2)cc(OCCCCCCCCCCCC)c1OCCCCCCCCCCCC. The number of benzene rings is 1. The molecule has 0 spiro atoms. The maximum atomic E-state index is 13.5. The smallest absolute Gasteiger partial charge is 0.251 e. The highest BCUT2D eigenvalue weighted by atomic mass is 16.5. The van der Waals surface area contributed by atoms with Crippen LogP contribution in [0.3, 0.4) is 0 Å². The fourth-order valence-corrected chi connectivity index (χ4v) is 7.40. The largest absolute Gasteiger partial charge is 0.490 e. The summed E-state index contributed by atoms with van der Waals surface area (Å²) < 4.78 is 27.2. The summed E-state index contributed by atoms with van der Waals surface area (Å²) >= 11 is 0. The standard InChI is InChI=1S/C50H89N3O5/c1-4-7-10-13-16-19-22-25-28-31-38-56-47-43-46(50(54)52-35-41-55-42-37-53-36-34-51-45-53)44-48(57-39-32-29-26-23-20-17-14-11-8-5-2)49(47)58-40-33-30-27-24-21-18-15-12-9-6-3/h34,36,43-45H,4-33,35,37-42H2,1-3H3,(H,52,54). The Labute approximate surface area is 356 Å². The van der Waals surface area contributed by atoms with Gasteiger partial charge in [-0.3, -0.25) is 4.79 Å². The molecule has 2 aromatic rings. The van der Waals surface area contributed by atoms with Crippen LogP contribution in [0.4, 0.5) is 0 Å². The Bertz CT molecular complexity index is 1140. The molecule has 1 aromatic heterocycles. The first-order chi connectivity index (χ1) is 28.7. The number of nitrogens with one attached hydrogen (secondary N) is 1. The molecule has 0 saturated carbocycles. The van der Waals surface area contributed by atoms with Crippen molar-refractivity contribution < 1.29 is 23.7 Å². The summed E-state index contributed by atoms with van der Waals surface area (Å²) in [5.74, 6) is 1.72. The summed E-state index contributed by atoms with van der Waals surface area (Å²) in [6.07, 6.45) is 43.7. The molecule has 0 radical (unpaired) electrons. The number of amides is 1. The van der Waals surface area contributed by atoms with Crippen molar-refractivity contribution in [2.45, 2.75) is 220 Å². The van der Waals surface area contributed by atoms with Gasteiger partial charge >= 0.3 is 0 Å². The molecule has 0 aliphatic heterocycles. The van der Waals surface area contributed by atoms with Gasteiger partial charge in [0.1, 0.15) is 0 Å². The normalized spacial score (nSPS) is 11.3. The number of carbonyl (C=O) groups excluding carboxylic acids is 1. The molecular formula is C50H89N3O5. The molecule has 8 nitrogen and oxygen atoms in total. The summed E-state index contributed by atoms with van der Waals surface area (Å²) in [4.78, 5) is 17.6. The molecule has 1 amide bonds. The topological polar surface area (TPSA) is 83.8 Å². The lowest BCUT2D eigenvalue weighted by atomic mass is 10.1. The van der Waals surface area contributed by atoms with Crippen molar-refractivity contribution in [3.63, 3.8) is 0 Å². The van der Waals surface area contributed by atoms with Crippen LogP contribution in [0.2, 0.25) is 0 Å². The van der Waals surface area contributed by atoms with Crippen molar-refractivity contribution in [2.24, 2.45) is 0 Å². The Balaban J connectivity index is 2.00. The minimum Gasteiger partial charge on any atom is -0.490 e. The van der Waals surface area contributed by atoms with Crippen LogP contribution in [-0.2, 0) is 11.3 Å². The number of carbonyl (C=O) groups is 1. The molecule has 0 saturated heterocycles. The van der Waals surface area contributed by atoms with E-state index in [2.05, 4.69) is 31.1 Å². The number of imidazole rings is 1. The Kier molecular flexibility index (Phi) is 34.1. The number of hydrogen-bond acceptors (Lipinski definition) is 6. The number of unbranched alkanes of at least 4 members (excludes halogenated alkanes) is 27. The average Bonchev–Trinajstić information content (AvgIpc) is 3.76. The first-order valence-corrected chi connectivity index (χ1v) is 24.6. The average molecular weight is 812 g/mol. The lowest BCUT2D eigenvalue weighted by Crippen LogP contribution is -2.27. The van der Waals surface area contributed by atoms with Crippen LogP contribution in [0, 0.1) is 0 Å². The maximum absolute atomic E-state index is 13.5. The van der Waals surface area contributed by atoms with Crippen LogP contribution >= 0.6 is 0 Å². The summed E-state index contributed by atoms with van der Waals surface area (Å²) in [5.41, 5.74) is 0.529. The van der Waals surface area contributed by atoms with Crippen LogP contribution in [0.1, 0.15) is 224 Å². The van der Waals surface area contributed by atoms with Crippen molar-refractivity contribution in [1.29, 1.82) is 0 Å². The van der Waals surface area contributed by atoms with Gasteiger partial charge in [0, 0.05) is 31.0 Å². The molecule has 2 rings (SSSR count). The number of hydrogen-bond donors (Lipinski definition) is 1. The third-order valence-electron chi connectivity index (χ3n) is 11.1. The van der Waals surface area contributed by atoms with Gasteiger partial charge < -0.3 is 28.8 Å². The molecule has 1 aromatic carbocycles. The van der Waals surface area contributed by atoms with Crippen LogP contribution in [0.15, 0.2) is 30.9 Å². The zero-order valence-electron chi connectivity index (χ0n) is 38.0. The van der Waals surface area contributed by atoms with Gasteiger partial charge in [-0.2, -0.15) is 0 Å². The first kappa shape index (κ1) is 51.4.